The van der Waals surface area contributed by atoms with Crippen LogP contribution in [-0.2, 0) is 4.74 Å². The zero-order valence-corrected chi connectivity index (χ0v) is 19.0. The van der Waals surface area contributed by atoms with E-state index in [4.69, 9.17) is 9.47 Å². The molecule has 2 aromatic carbocycles. The van der Waals surface area contributed by atoms with Crippen molar-refractivity contribution in [1.29, 1.82) is 0 Å². The van der Waals surface area contributed by atoms with Crippen molar-refractivity contribution in [2.24, 2.45) is 5.92 Å². The van der Waals surface area contributed by atoms with Crippen LogP contribution in [0.4, 0.5) is 16.2 Å². The highest BCUT2D eigenvalue weighted by atomic mass is 16.6. The lowest BCUT2D eigenvalue weighted by Gasteiger charge is -2.30. The highest BCUT2D eigenvalue weighted by Gasteiger charge is 2.28. The van der Waals surface area contributed by atoms with Gasteiger partial charge in [0.05, 0.1) is 18.5 Å². The summed E-state index contributed by atoms with van der Waals surface area (Å²) in [5, 5.41) is 8.99. The molecule has 0 saturated carbocycles. The first kappa shape index (κ1) is 23.3. The molecule has 0 aliphatic carbocycles. The number of carbonyl (C=O) groups is 2. The van der Waals surface area contributed by atoms with E-state index in [9.17, 15) is 9.59 Å². The minimum atomic E-state index is -0.580. The fraction of sp³-hybridized carbons (Fsp3) is 0.269. The van der Waals surface area contributed by atoms with Gasteiger partial charge < -0.3 is 20.1 Å². The minimum Gasteiger partial charge on any atom is -0.497 e. The highest BCUT2D eigenvalue weighted by molar-refractivity contribution is 6.07. The molecule has 8 nitrogen and oxygen atoms in total. The first-order valence-electron chi connectivity index (χ1n) is 11.3. The van der Waals surface area contributed by atoms with Crippen LogP contribution in [0.3, 0.4) is 0 Å². The summed E-state index contributed by atoms with van der Waals surface area (Å²) < 4.78 is 11.1. The van der Waals surface area contributed by atoms with Crippen molar-refractivity contribution in [2.75, 3.05) is 30.8 Å². The predicted molar refractivity (Wildman–Crippen MR) is 130 cm³/mol. The van der Waals surface area contributed by atoms with E-state index in [1.807, 2.05) is 12.1 Å². The lowest BCUT2D eigenvalue weighted by Crippen LogP contribution is -2.33. The van der Waals surface area contributed by atoms with Crippen LogP contribution in [0.25, 0.3) is 0 Å². The van der Waals surface area contributed by atoms with Crippen LogP contribution in [-0.4, -0.2) is 37.2 Å². The lowest BCUT2D eigenvalue weighted by molar-refractivity contribution is 0.0591. The first-order valence-corrected chi connectivity index (χ1v) is 11.3. The number of methoxy groups -OCH3 is 1. The van der Waals surface area contributed by atoms with Gasteiger partial charge in [-0.2, -0.15) is 0 Å². The number of benzene rings is 2. The maximum atomic E-state index is 12.9. The maximum Gasteiger partial charge on any atom is 0.412 e. The number of nitrogens with one attached hydrogen (secondary N) is 3. The molecule has 4 rings (SSSR count). The number of pyridine rings is 1. The molecule has 1 aliphatic rings. The number of nitrogens with zero attached hydrogens (tertiary/aromatic N) is 1. The Morgan fingerprint density at radius 3 is 2.38 bits per heavy atom. The van der Waals surface area contributed by atoms with Gasteiger partial charge in [0.25, 0.3) is 5.91 Å². The van der Waals surface area contributed by atoms with Crippen LogP contribution < -0.4 is 20.7 Å². The van der Waals surface area contributed by atoms with Crippen molar-refractivity contribution in [1.82, 2.24) is 10.3 Å². The average molecular weight is 461 g/mol. The van der Waals surface area contributed by atoms with Crippen molar-refractivity contribution in [3.63, 3.8) is 0 Å². The number of hydrogen-bond donors (Lipinski definition) is 3. The molecule has 1 atom stereocenters. The number of carbonyl (C=O) groups excluding carboxylic acids is 2. The fourth-order valence-electron chi connectivity index (χ4n) is 4.05. The van der Waals surface area contributed by atoms with Crippen molar-refractivity contribution in [2.45, 2.75) is 18.9 Å². The molecule has 8 heteroatoms. The summed E-state index contributed by atoms with van der Waals surface area (Å²) in [6, 6.07) is 17.6. The molecule has 34 heavy (non-hydrogen) atoms. The van der Waals surface area contributed by atoms with Gasteiger partial charge in [-0.1, -0.05) is 18.2 Å². The molecule has 1 aliphatic heterocycles. The fourth-order valence-corrected chi connectivity index (χ4v) is 4.05. The molecular weight excluding hydrogens is 432 g/mol. The second-order valence-electron chi connectivity index (χ2n) is 8.05. The Morgan fingerprint density at radius 2 is 1.68 bits per heavy atom. The molecule has 1 saturated heterocycles. The van der Waals surface area contributed by atoms with Crippen LogP contribution in [0, 0.1) is 5.92 Å². The second-order valence-corrected chi connectivity index (χ2v) is 8.05. The molecule has 2 heterocycles. The van der Waals surface area contributed by atoms with Gasteiger partial charge in [0, 0.05) is 23.9 Å². The van der Waals surface area contributed by atoms with E-state index in [-0.39, 0.29) is 17.9 Å². The Balaban J connectivity index is 1.47. The SMILES string of the molecule is COc1cccc(C(=O)Nc2ccccc2NC(=O)OC(c2ccncc2)C2CCNCC2)c1. The van der Waals surface area contributed by atoms with Gasteiger partial charge in [0.15, 0.2) is 0 Å². The second kappa shape index (κ2) is 11.3. The Morgan fingerprint density at radius 1 is 0.971 bits per heavy atom. The third kappa shape index (κ3) is 5.90. The van der Waals surface area contributed by atoms with Gasteiger partial charge >= 0.3 is 6.09 Å². The third-order valence-corrected chi connectivity index (χ3v) is 5.82. The topological polar surface area (TPSA) is 102 Å². The van der Waals surface area contributed by atoms with Crippen molar-refractivity contribution in [3.05, 3.63) is 84.2 Å². The standard InChI is InChI=1S/C26H28N4O4/c1-33-21-6-4-5-20(17-21)25(31)29-22-7-2-3-8-23(22)30-26(32)34-24(18-9-13-27-14-10-18)19-11-15-28-16-12-19/h2-10,13-14,17,19,24,28H,11-12,15-16H2,1H3,(H,29,31)(H,30,32). The van der Waals surface area contributed by atoms with E-state index < -0.39 is 6.09 Å². The summed E-state index contributed by atoms with van der Waals surface area (Å²) in [4.78, 5) is 29.8. The summed E-state index contributed by atoms with van der Waals surface area (Å²) in [6.45, 7) is 1.77. The van der Waals surface area contributed by atoms with Crippen LogP contribution in [0.15, 0.2) is 73.1 Å². The summed E-state index contributed by atoms with van der Waals surface area (Å²) >= 11 is 0. The Labute approximate surface area is 198 Å². The van der Waals surface area contributed by atoms with Crippen LogP contribution in [0.1, 0.15) is 34.9 Å². The molecule has 0 bridgehead atoms. The summed E-state index contributed by atoms with van der Waals surface area (Å²) in [7, 11) is 1.55. The number of hydrogen-bond acceptors (Lipinski definition) is 6. The van der Waals surface area contributed by atoms with Crippen molar-refractivity contribution in [3.8, 4) is 5.75 Å². The number of rotatable bonds is 7. The Bertz CT molecular complexity index is 1120. The number of ether oxygens (including phenoxy) is 2. The van der Waals surface area contributed by atoms with E-state index in [2.05, 4.69) is 20.9 Å². The van der Waals surface area contributed by atoms with E-state index in [0.29, 0.717) is 22.7 Å². The van der Waals surface area contributed by atoms with E-state index in [1.165, 1.54) is 0 Å². The summed E-state index contributed by atoms with van der Waals surface area (Å²) in [5.41, 5.74) is 2.27. The van der Waals surface area contributed by atoms with Gasteiger partial charge in [-0.05, 0) is 74.0 Å². The molecule has 1 aromatic heterocycles. The van der Waals surface area contributed by atoms with E-state index >= 15 is 0 Å². The Hall–Kier alpha value is -3.91. The van der Waals surface area contributed by atoms with Gasteiger partial charge in [-0.3, -0.25) is 15.1 Å². The molecule has 0 spiro atoms. The first-order chi connectivity index (χ1) is 16.6. The molecular formula is C26H28N4O4. The largest absolute Gasteiger partial charge is 0.497 e. The van der Waals surface area contributed by atoms with E-state index in [1.54, 1.807) is 68.0 Å². The van der Waals surface area contributed by atoms with Crippen LogP contribution in [0.5, 0.6) is 5.75 Å². The number of amides is 2. The van der Waals surface area contributed by atoms with Crippen LogP contribution in [0.2, 0.25) is 0 Å². The Kier molecular flexibility index (Phi) is 7.72. The lowest BCUT2D eigenvalue weighted by atomic mass is 9.88. The quantitative estimate of drug-likeness (QED) is 0.475. The third-order valence-electron chi connectivity index (χ3n) is 5.82. The number of para-hydroxylation sites is 2. The average Bonchev–Trinajstić information content (AvgIpc) is 2.89. The van der Waals surface area contributed by atoms with E-state index in [0.717, 1.165) is 31.5 Å². The summed E-state index contributed by atoms with van der Waals surface area (Å²) in [5.74, 6) is 0.478. The van der Waals surface area contributed by atoms with Gasteiger partial charge in [-0.25, -0.2) is 4.79 Å². The molecule has 1 unspecified atom stereocenters. The molecule has 1 fully saturated rings. The predicted octanol–water partition coefficient (Wildman–Crippen LogP) is 4.63. The highest BCUT2D eigenvalue weighted by Crippen LogP contribution is 2.33. The summed E-state index contributed by atoms with van der Waals surface area (Å²) in [6.07, 6.45) is 4.26. The molecule has 176 valence electrons. The van der Waals surface area contributed by atoms with Gasteiger partial charge in [0.1, 0.15) is 11.9 Å². The molecule has 3 aromatic rings. The van der Waals surface area contributed by atoms with Crippen LogP contribution >= 0.6 is 0 Å². The van der Waals surface area contributed by atoms with Crippen molar-refractivity contribution >= 4 is 23.4 Å². The molecule has 0 radical (unpaired) electrons. The number of anilines is 2. The molecule has 2 amide bonds. The normalized spacial score (nSPS) is 14.6. The maximum absolute atomic E-state index is 12.9. The smallest absolute Gasteiger partial charge is 0.412 e. The zero-order chi connectivity index (χ0) is 23.8. The van der Waals surface area contributed by atoms with Crippen molar-refractivity contribution < 1.29 is 19.1 Å². The van der Waals surface area contributed by atoms with Gasteiger partial charge in [0.2, 0.25) is 0 Å². The zero-order valence-electron chi connectivity index (χ0n) is 19.0. The molecule has 3 N–H and O–H groups in total. The minimum absolute atomic E-state index is 0.206. The number of aromatic nitrogens is 1. The van der Waals surface area contributed by atoms with Gasteiger partial charge in [-0.15, -0.1) is 0 Å². The monoisotopic (exact) mass is 460 g/mol. The number of piperidine rings is 1.